The van der Waals surface area contributed by atoms with Crippen molar-refractivity contribution in [2.24, 2.45) is 0 Å². The summed E-state index contributed by atoms with van der Waals surface area (Å²) in [6, 6.07) is 2.50. The van der Waals surface area contributed by atoms with Gasteiger partial charge in [0, 0.05) is 19.3 Å². The molecule has 0 aromatic carbocycles. The third-order valence-corrected chi connectivity index (χ3v) is 2.47. The lowest BCUT2D eigenvalue weighted by Gasteiger charge is -2.01. The van der Waals surface area contributed by atoms with Crippen LogP contribution >= 0.6 is 0 Å². The minimum atomic E-state index is -3.95. The van der Waals surface area contributed by atoms with Crippen LogP contribution in [0.1, 0.15) is 6.92 Å². The van der Waals surface area contributed by atoms with Crippen molar-refractivity contribution >= 4 is 16.1 Å². The lowest BCUT2D eigenvalue weighted by atomic mass is 10.5. The molecule has 0 radical (unpaired) electrons. The number of nitrogens with zero attached hydrogens (tertiary/aromatic N) is 1. The van der Waals surface area contributed by atoms with E-state index in [0.717, 1.165) is 6.92 Å². The Morgan fingerprint density at radius 3 is 2.38 bits per heavy atom. The summed E-state index contributed by atoms with van der Waals surface area (Å²) in [5.74, 6) is -0.864. The van der Waals surface area contributed by atoms with Crippen LogP contribution in [0.25, 0.3) is 0 Å². The molecule has 0 aliphatic heterocycles. The number of carbonyl (C=O) groups excluding carboxylic acids is 1. The average molecular weight is 201 g/mol. The number of aromatic nitrogens is 1. The van der Waals surface area contributed by atoms with Gasteiger partial charge in [-0.25, -0.2) is 0 Å². The Bertz CT molecular complexity index is 398. The van der Waals surface area contributed by atoms with E-state index < -0.39 is 16.1 Å². The first-order valence-electron chi connectivity index (χ1n) is 3.37. The number of rotatable bonds is 2. The molecule has 0 N–H and O–H groups in total. The van der Waals surface area contributed by atoms with E-state index in [2.05, 4.69) is 9.17 Å². The van der Waals surface area contributed by atoms with Crippen molar-refractivity contribution in [2.75, 3.05) is 0 Å². The SMILES string of the molecule is CC(=O)OS(=O)(=O)c1ccncc1. The maximum Gasteiger partial charge on any atom is 0.341 e. The average Bonchev–Trinajstić information content (AvgIpc) is 2.04. The second kappa shape index (κ2) is 3.53. The van der Waals surface area contributed by atoms with Gasteiger partial charge in [0.25, 0.3) is 0 Å². The molecular formula is C7H7NO4S. The van der Waals surface area contributed by atoms with Gasteiger partial charge in [-0.15, -0.1) is 0 Å². The van der Waals surface area contributed by atoms with Crippen LogP contribution in [0.3, 0.4) is 0 Å². The van der Waals surface area contributed by atoms with E-state index in [-0.39, 0.29) is 4.90 Å². The minimum absolute atomic E-state index is 0.0855. The molecule has 1 aromatic heterocycles. The zero-order valence-electron chi connectivity index (χ0n) is 6.80. The molecule has 1 aromatic rings. The molecule has 13 heavy (non-hydrogen) atoms. The fourth-order valence-corrected chi connectivity index (χ4v) is 1.57. The van der Waals surface area contributed by atoms with Crippen LogP contribution in [0.5, 0.6) is 0 Å². The Morgan fingerprint density at radius 1 is 1.38 bits per heavy atom. The summed E-state index contributed by atoms with van der Waals surface area (Å²) in [6.45, 7) is 1.03. The first kappa shape index (κ1) is 9.66. The van der Waals surface area contributed by atoms with Gasteiger partial charge < -0.3 is 4.18 Å². The minimum Gasteiger partial charge on any atom is -0.343 e. The first-order chi connectivity index (χ1) is 6.02. The molecule has 0 saturated heterocycles. The Hall–Kier alpha value is -1.43. The maximum atomic E-state index is 11.2. The molecule has 0 amide bonds. The van der Waals surface area contributed by atoms with E-state index in [1.165, 1.54) is 24.5 Å². The number of hydrogen-bond donors (Lipinski definition) is 0. The molecular weight excluding hydrogens is 194 g/mol. The van der Waals surface area contributed by atoms with Crippen LogP contribution < -0.4 is 0 Å². The van der Waals surface area contributed by atoms with Crippen LogP contribution in [0.2, 0.25) is 0 Å². The van der Waals surface area contributed by atoms with Crippen LogP contribution in [0.15, 0.2) is 29.4 Å². The lowest BCUT2D eigenvalue weighted by molar-refractivity contribution is -0.131. The third-order valence-electron chi connectivity index (χ3n) is 1.17. The molecule has 1 rings (SSSR count). The van der Waals surface area contributed by atoms with Crippen molar-refractivity contribution in [1.82, 2.24) is 4.98 Å². The van der Waals surface area contributed by atoms with E-state index in [4.69, 9.17) is 0 Å². The van der Waals surface area contributed by atoms with Crippen molar-refractivity contribution in [1.29, 1.82) is 0 Å². The van der Waals surface area contributed by atoms with Crippen LogP contribution in [-0.4, -0.2) is 19.4 Å². The molecule has 0 fully saturated rings. The molecule has 0 aliphatic carbocycles. The topological polar surface area (TPSA) is 73.3 Å². The van der Waals surface area contributed by atoms with Gasteiger partial charge in [-0.1, -0.05) is 0 Å². The summed E-state index contributed by atoms with van der Waals surface area (Å²) in [5.41, 5.74) is 0. The molecule has 5 nitrogen and oxygen atoms in total. The molecule has 0 bridgehead atoms. The first-order valence-corrected chi connectivity index (χ1v) is 4.78. The van der Waals surface area contributed by atoms with Crippen LogP contribution in [-0.2, 0) is 19.1 Å². The summed E-state index contributed by atoms with van der Waals surface area (Å²) in [6.07, 6.45) is 2.60. The molecule has 0 spiro atoms. The highest BCUT2D eigenvalue weighted by Crippen LogP contribution is 2.09. The summed E-state index contributed by atoms with van der Waals surface area (Å²) < 4.78 is 26.5. The third kappa shape index (κ3) is 2.51. The molecule has 6 heteroatoms. The Labute approximate surface area is 75.5 Å². The second-order valence-corrected chi connectivity index (χ2v) is 3.76. The number of pyridine rings is 1. The highest BCUT2D eigenvalue weighted by molar-refractivity contribution is 7.87. The zero-order valence-corrected chi connectivity index (χ0v) is 7.61. The summed E-state index contributed by atoms with van der Waals surface area (Å²) >= 11 is 0. The van der Waals surface area contributed by atoms with E-state index in [1.54, 1.807) is 0 Å². The predicted molar refractivity (Wildman–Crippen MR) is 43.2 cm³/mol. The van der Waals surface area contributed by atoms with Gasteiger partial charge in [0.15, 0.2) is 0 Å². The molecule has 0 saturated carbocycles. The fraction of sp³-hybridized carbons (Fsp3) is 0.143. The summed E-state index contributed by atoms with van der Waals surface area (Å²) in [4.78, 5) is 14.0. The largest absolute Gasteiger partial charge is 0.343 e. The summed E-state index contributed by atoms with van der Waals surface area (Å²) in [7, 11) is -3.95. The van der Waals surface area contributed by atoms with E-state index >= 15 is 0 Å². The van der Waals surface area contributed by atoms with Crippen molar-refractivity contribution in [3.05, 3.63) is 24.5 Å². The fourth-order valence-electron chi connectivity index (χ4n) is 0.708. The Balaban J connectivity index is 3.02. The molecule has 0 atom stereocenters. The smallest absolute Gasteiger partial charge is 0.341 e. The van der Waals surface area contributed by atoms with Gasteiger partial charge in [0.1, 0.15) is 4.90 Å². The highest BCUT2D eigenvalue weighted by atomic mass is 32.2. The van der Waals surface area contributed by atoms with Gasteiger partial charge in [-0.05, 0) is 12.1 Å². The summed E-state index contributed by atoms with van der Waals surface area (Å²) in [5, 5.41) is 0. The predicted octanol–water partition coefficient (Wildman–Crippen LogP) is 0.333. The molecule has 70 valence electrons. The standard InChI is InChI=1S/C7H7NO4S/c1-6(9)12-13(10,11)7-2-4-8-5-3-7/h2-5H,1H3. The van der Waals surface area contributed by atoms with Crippen LogP contribution in [0, 0.1) is 0 Å². The number of carbonyl (C=O) groups is 1. The molecule has 0 unspecified atom stereocenters. The van der Waals surface area contributed by atoms with Gasteiger partial charge in [0.05, 0.1) is 0 Å². The normalized spacial score (nSPS) is 10.8. The van der Waals surface area contributed by atoms with Crippen LogP contribution in [0.4, 0.5) is 0 Å². The van der Waals surface area contributed by atoms with Crippen molar-refractivity contribution in [3.63, 3.8) is 0 Å². The quantitative estimate of drug-likeness (QED) is 0.645. The van der Waals surface area contributed by atoms with E-state index in [0.29, 0.717) is 0 Å². The zero-order chi connectivity index (χ0) is 9.90. The highest BCUT2D eigenvalue weighted by Gasteiger charge is 2.16. The van der Waals surface area contributed by atoms with Gasteiger partial charge in [-0.3, -0.25) is 9.78 Å². The van der Waals surface area contributed by atoms with Crippen molar-refractivity contribution in [3.8, 4) is 0 Å². The molecule has 1 heterocycles. The maximum absolute atomic E-state index is 11.2. The van der Waals surface area contributed by atoms with Gasteiger partial charge in [0.2, 0.25) is 0 Å². The number of hydrogen-bond acceptors (Lipinski definition) is 5. The van der Waals surface area contributed by atoms with Crippen molar-refractivity contribution in [2.45, 2.75) is 11.8 Å². The van der Waals surface area contributed by atoms with Gasteiger partial charge in [-0.2, -0.15) is 8.42 Å². The Morgan fingerprint density at radius 2 is 1.92 bits per heavy atom. The van der Waals surface area contributed by atoms with Crippen molar-refractivity contribution < 1.29 is 17.4 Å². The molecule has 0 aliphatic rings. The second-order valence-electron chi connectivity index (χ2n) is 2.21. The lowest BCUT2D eigenvalue weighted by Crippen LogP contribution is -2.10. The van der Waals surface area contributed by atoms with Gasteiger partial charge >= 0.3 is 16.1 Å². The monoisotopic (exact) mass is 201 g/mol. The van der Waals surface area contributed by atoms with E-state index in [9.17, 15) is 13.2 Å². The Kier molecular flexibility index (Phi) is 2.62. The van der Waals surface area contributed by atoms with E-state index in [1.807, 2.05) is 0 Å².